The minimum atomic E-state index is -1.02. The van der Waals surface area contributed by atoms with Gasteiger partial charge in [0.15, 0.2) is 0 Å². The van der Waals surface area contributed by atoms with Crippen molar-refractivity contribution < 1.29 is 14.7 Å². The average Bonchev–Trinajstić information content (AvgIpc) is 3.01. The highest BCUT2D eigenvalue weighted by Gasteiger charge is 2.23. The van der Waals surface area contributed by atoms with Crippen LogP contribution < -0.4 is 5.32 Å². The minimum Gasteiger partial charge on any atom is -0.481 e. The molecule has 3 rings (SSSR count). The Morgan fingerprint density at radius 1 is 1.17 bits per heavy atom. The first kappa shape index (κ1) is 14.8. The van der Waals surface area contributed by atoms with E-state index in [1.54, 1.807) is 42.6 Å². The number of benzene rings is 2. The summed E-state index contributed by atoms with van der Waals surface area (Å²) in [6.45, 7) is 0. The van der Waals surface area contributed by atoms with Crippen LogP contribution in [0.4, 0.5) is 5.69 Å². The van der Waals surface area contributed by atoms with Crippen molar-refractivity contribution in [2.75, 3.05) is 5.32 Å². The molecule has 116 valence electrons. The van der Waals surface area contributed by atoms with Gasteiger partial charge in [-0.2, -0.15) is 5.10 Å². The number of nitrogens with zero attached hydrogens (tertiary/aromatic N) is 1. The molecule has 1 atom stereocenters. The van der Waals surface area contributed by atoms with E-state index in [1.807, 2.05) is 12.1 Å². The number of aromatic amines is 1. The van der Waals surface area contributed by atoms with Crippen molar-refractivity contribution in [3.63, 3.8) is 0 Å². The lowest BCUT2D eigenvalue weighted by Crippen LogP contribution is -2.20. The van der Waals surface area contributed by atoms with Crippen molar-refractivity contribution in [2.45, 2.75) is 12.3 Å². The number of carbonyl (C=O) groups excluding carboxylic acids is 1. The Hall–Kier alpha value is -3.15. The van der Waals surface area contributed by atoms with Crippen LogP contribution in [-0.4, -0.2) is 27.2 Å². The van der Waals surface area contributed by atoms with E-state index in [2.05, 4.69) is 15.5 Å². The second-order valence-electron chi connectivity index (χ2n) is 5.23. The molecule has 0 saturated heterocycles. The molecule has 1 aromatic heterocycles. The number of carboxylic acids is 1. The summed E-state index contributed by atoms with van der Waals surface area (Å²) >= 11 is 0. The molecule has 3 aromatic rings. The quantitative estimate of drug-likeness (QED) is 0.675. The number of carbonyl (C=O) groups is 2. The predicted molar refractivity (Wildman–Crippen MR) is 86.2 cm³/mol. The molecule has 0 radical (unpaired) electrons. The summed E-state index contributed by atoms with van der Waals surface area (Å²) in [7, 11) is 0. The molecule has 6 nitrogen and oxygen atoms in total. The number of nitrogens with one attached hydrogen (secondary N) is 2. The van der Waals surface area contributed by atoms with Gasteiger partial charge in [-0.15, -0.1) is 0 Å². The summed E-state index contributed by atoms with van der Waals surface area (Å²) in [6.07, 6.45) is 1.57. The zero-order valence-corrected chi connectivity index (χ0v) is 12.2. The largest absolute Gasteiger partial charge is 0.481 e. The number of hydrogen-bond donors (Lipinski definition) is 3. The van der Waals surface area contributed by atoms with E-state index >= 15 is 0 Å². The van der Waals surface area contributed by atoms with Crippen LogP contribution in [0.3, 0.4) is 0 Å². The van der Waals surface area contributed by atoms with E-state index in [0.717, 1.165) is 10.9 Å². The fourth-order valence-corrected chi connectivity index (χ4v) is 2.45. The number of carboxylic acid groups (broad SMARTS) is 1. The van der Waals surface area contributed by atoms with Gasteiger partial charge >= 0.3 is 5.97 Å². The van der Waals surface area contributed by atoms with Crippen LogP contribution in [0.25, 0.3) is 10.9 Å². The number of aromatic nitrogens is 2. The smallest absolute Gasteiger partial charge is 0.311 e. The van der Waals surface area contributed by atoms with Crippen molar-refractivity contribution in [3.8, 4) is 0 Å². The van der Waals surface area contributed by atoms with Crippen LogP contribution >= 0.6 is 0 Å². The zero-order valence-electron chi connectivity index (χ0n) is 12.2. The molecule has 0 spiro atoms. The summed E-state index contributed by atoms with van der Waals surface area (Å²) in [5.74, 6) is -2.23. The third-order valence-corrected chi connectivity index (χ3v) is 3.62. The Balaban J connectivity index is 1.73. The van der Waals surface area contributed by atoms with Crippen LogP contribution in [0.15, 0.2) is 54.7 Å². The summed E-state index contributed by atoms with van der Waals surface area (Å²) in [4.78, 5) is 23.6. The Bertz CT molecular complexity index is 842. The maximum absolute atomic E-state index is 12.2. The van der Waals surface area contributed by atoms with Crippen molar-refractivity contribution in [2.24, 2.45) is 0 Å². The number of anilines is 1. The number of aliphatic carboxylic acids is 1. The molecule has 0 aliphatic carbocycles. The third-order valence-electron chi connectivity index (χ3n) is 3.62. The SMILES string of the molecule is O=C(C[C@H](C(=O)O)c1ccccc1)Nc1ccc2cn[nH]c2c1. The summed E-state index contributed by atoms with van der Waals surface area (Å²) < 4.78 is 0. The number of H-pyrrole nitrogens is 1. The second-order valence-corrected chi connectivity index (χ2v) is 5.23. The summed E-state index contributed by atoms with van der Waals surface area (Å²) in [5, 5.41) is 19.8. The molecule has 3 N–H and O–H groups in total. The van der Waals surface area contributed by atoms with E-state index in [4.69, 9.17) is 0 Å². The Morgan fingerprint density at radius 2 is 1.96 bits per heavy atom. The molecular formula is C17H15N3O3. The number of fused-ring (bicyclic) bond motifs is 1. The van der Waals surface area contributed by atoms with Crippen LogP contribution in [0, 0.1) is 0 Å². The third kappa shape index (κ3) is 3.37. The highest BCUT2D eigenvalue weighted by molar-refractivity contribution is 5.96. The van der Waals surface area contributed by atoms with E-state index in [9.17, 15) is 14.7 Å². The number of rotatable bonds is 5. The molecule has 0 saturated carbocycles. The maximum Gasteiger partial charge on any atom is 0.311 e. The Kier molecular flexibility index (Phi) is 4.05. The molecule has 0 fully saturated rings. The zero-order chi connectivity index (χ0) is 16.2. The normalized spacial score (nSPS) is 12.0. The molecular weight excluding hydrogens is 294 g/mol. The summed E-state index contributed by atoms with van der Waals surface area (Å²) in [5.41, 5.74) is 2.02. The van der Waals surface area contributed by atoms with Gasteiger partial charge < -0.3 is 10.4 Å². The Labute approximate surface area is 132 Å². The Morgan fingerprint density at radius 3 is 2.70 bits per heavy atom. The average molecular weight is 309 g/mol. The molecule has 0 bridgehead atoms. The molecule has 0 aliphatic heterocycles. The number of amides is 1. The van der Waals surface area contributed by atoms with E-state index in [1.165, 1.54) is 0 Å². The van der Waals surface area contributed by atoms with Crippen LogP contribution in [-0.2, 0) is 9.59 Å². The van der Waals surface area contributed by atoms with Gasteiger partial charge in [0.05, 0.1) is 17.6 Å². The van der Waals surface area contributed by atoms with Crippen LogP contribution in [0.1, 0.15) is 17.9 Å². The van der Waals surface area contributed by atoms with E-state index < -0.39 is 11.9 Å². The van der Waals surface area contributed by atoms with Crippen molar-refractivity contribution >= 4 is 28.5 Å². The van der Waals surface area contributed by atoms with Crippen LogP contribution in [0.2, 0.25) is 0 Å². The van der Waals surface area contributed by atoms with Gasteiger partial charge in [-0.25, -0.2) is 0 Å². The van der Waals surface area contributed by atoms with Gasteiger partial charge in [0.2, 0.25) is 5.91 Å². The van der Waals surface area contributed by atoms with Crippen molar-refractivity contribution in [1.82, 2.24) is 10.2 Å². The fraction of sp³-hybridized carbons (Fsp3) is 0.118. The lowest BCUT2D eigenvalue weighted by Gasteiger charge is -2.13. The van der Waals surface area contributed by atoms with E-state index in [-0.39, 0.29) is 12.3 Å². The first-order chi connectivity index (χ1) is 11.1. The molecule has 1 heterocycles. The fourth-order valence-electron chi connectivity index (χ4n) is 2.45. The van der Waals surface area contributed by atoms with Crippen molar-refractivity contribution in [1.29, 1.82) is 0 Å². The standard InChI is InChI=1S/C17H15N3O3/c21-16(9-14(17(22)23)11-4-2-1-3-5-11)19-13-7-6-12-10-18-20-15(12)8-13/h1-8,10,14H,9H2,(H,18,20)(H,19,21)(H,22,23)/t14-/m0/s1. The minimum absolute atomic E-state index is 0.125. The molecule has 1 amide bonds. The van der Waals surface area contributed by atoms with Gasteiger partial charge in [0, 0.05) is 17.5 Å². The van der Waals surface area contributed by atoms with Gasteiger partial charge in [0.1, 0.15) is 0 Å². The highest BCUT2D eigenvalue weighted by Crippen LogP contribution is 2.22. The molecule has 0 aliphatic rings. The van der Waals surface area contributed by atoms with Gasteiger partial charge in [-0.05, 0) is 23.8 Å². The van der Waals surface area contributed by atoms with Gasteiger partial charge in [0.25, 0.3) is 0 Å². The molecule has 0 unspecified atom stereocenters. The summed E-state index contributed by atoms with van der Waals surface area (Å²) in [6, 6.07) is 14.1. The van der Waals surface area contributed by atoms with Gasteiger partial charge in [-0.3, -0.25) is 14.7 Å². The lowest BCUT2D eigenvalue weighted by molar-refractivity contribution is -0.140. The number of hydrogen-bond acceptors (Lipinski definition) is 3. The molecule has 6 heteroatoms. The molecule has 23 heavy (non-hydrogen) atoms. The topological polar surface area (TPSA) is 95.1 Å². The van der Waals surface area contributed by atoms with Gasteiger partial charge in [-0.1, -0.05) is 30.3 Å². The highest BCUT2D eigenvalue weighted by atomic mass is 16.4. The van der Waals surface area contributed by atoms with E-state index in [0.29, 0.717) is 11.3 Å². The monoisotopic (exact) mass is 309 g/mol. The molecule has 2 aromatic carbocycles. The second kappa shape index (κ2) is 6.31. The van der Waals surface area contributed by atoms with Crippen LogP contribution in [0.5, 0.6) is 0 Å². The van der Waals surface area contributed by atoms with Crippen molar-refractivity contribution in [3.05, 3.63) is 60.3 Å². The lowest BCUT2D eigenvalue weighted by atomic mass is 9.95. The first-order valence-electron chi connectivity index (χ1n) is 7.14. The predicted octanol–water partition coefficient (Wildman–Crippen LogP) is 2.76. The maximum atomic E-state index is 12.2. The first-order valence-corrected chi connectivity index (χ1v) is 7.14.